The minimum Gasteiger partial charge on any atom is -0.490 e. The van der Waals surface area contributed by atoms with Crippen LogP contribution in [0.4, 0.5) is 15.8 Å². The number of benzene rings is 3. The van der Waals surface area contributed by atoms with Gasteiger partial charge in [-0.3, -0.25) is 24.6 Å². The van der Waals surface area contributed by atoms with Crippen LogP contribution in [0.3, 0.4) is 0 Å². The van der Waals surface area contributed by atoms with Crippen molar-refractivity contribution in [3.05, 3.63) is 83.4 Å². The van der Waals surface area contributed by atoms with E-state index >= 15 is 4.39 Å². The first-order valence-electron chi connectivity index (χ1n) is 14.6. The Balaban J connectivity index is 1.11. The molecule has 1 atom stereocenters. The molecule has 0 bridgehead atoms. The first-order valence-corrected chi connectivity index (χ1v) is 15.0. The van der Waals surface area contributed by atoms with Crippen molar-refractivity contribution in [3.63, 3.8) is 0 Å². The van der Waals surface area contributed by atoms with Crippen molar-refractivity contribution >= 4 is 57.4 Å². The van der Waals surface area contributed by atoms with E-state index in [-0.39, 0.29) is 48.2 Å². The molecule has 12 heteroatoms. The third kappa shape index (κ3) is 5.43. The molecule has 2 aliphatic heterocycles. The summed E-state index contributed by atoms with van der Waals surface area (Å²) in [5.41, 5.74) is 2.29. The number of carbonyl (C=O) groups excluding carboxylic acids is 3. The van der Waals surface area contributed by atoms with Gasteiger partial charge in [0.15, 0.2) is 16.7 Å². The second-order valence-corrected chi connectivity index (χ2v) is 12.0. The molecule has 6 rings (SSSR count). The summed E-state index contributed by atoms with van der Waals surface area (Å²) in [5, 5.41) is 12.5. The molecular weight excluding hydrogens is 611 g/mol. The highest BCUT2D eigenvalue weighted by Gasteiger charge is 2.50. The molecule has 2 aliphatic rings. The van der Waals surface area contributed by atoms with Crippen LogP contribution in [-0.2, 0) is 14.4 Å². The number of hydrogen-bond donors (Lipinski definition) is 1. The molecule has 3 heterocycles. The van der Waals surface area contributed by atoms with E-state index in [0.717, 1.165) is 0 Å². The van der Waals surface area contributed by atoms with E-state index in [4.69, 9.17) is 26.1 Å². The van der Waals surface area contributed by atoms with Crippen LogP contribution < -0.4 is 24.6 Å². The predicted octanol–water partition coefficient (Wildman–Crippen LogP) is 5.65. The summed E-state index contributed by atoms with van der Waals surface area (Å²) >= 11 is 5.70. The number of fused-ring (bicyclic) bond motifs is 1. The molecule has 4 aromatic rings. The SMILES string of the molecule is Cc1cc(N2C(=O)C(C)(C)N(c3ccc(OCCOc4ccc5occ(C6CCC(=O)NC6=O)c5c4)c(F)c3)C2=S)ccc1C#N. The molecule has 1 N–H and O–H groups in total. The van der Waals surface area contributed by atoms with Crippen LogP contribution in [0, 0.1) is 24.1 Å². The number of nitrogens with zero attached hydrogens (tertiary/aromatic N) is 3. The van der Waals surface area contributed by atoms with Crippen molar-refractivity contribution in [2.75, 3.05) is 23.0 Å². The molecule has 46 heavy (non-hydrogen) atoms. The topological polar surface area (TPSA) is 125 Å². The summed E-state index contributed by atoms with van der Waals surface area (Å²) in [6.07, 6.45) is 2.18. The summed E-state index contributed by atoms with van der Waals surface area (Å²) in [6, 6.07) is 16.8. The average Bonchev–Trinajstić information content (AvgIpc) is 3.50. The van der Waals surface area contributed by atoms with Crippen LogP contribution in [0.25, 0.3) is 11.0 Å². The minimum absolute atomic E-state index is 0.00611. The maximum Gasteiger partial charge on any atom is 0.259 e. The van der Waals surface area contributed by atoms with Gasteiger partial charge >= 0.3 is 0 Å². The normalized spacial score (nSPS) is 17.8. The average molecular weight is 641 g/mol. The third-order valence-corrected chi connectivity index (χ3v) is 8.59. The Bertz CT molecular complexity index is 1960. The first kappa shape index (κ1) is 30.7. The Morgan fingerprint density at radius 1 is 1.07 bits per heavy atom. The summed E-state index contributed by atoms with van der Waals surface area (Å²) in [4.78, 5) is 40.4. The maximum atomic E-state index is 15.3. The number of nitrogens with one attached hydrogen (secondary N) is 1. The lowest BCUT2D eigenvalue weighted by Crippen LogP contribution is -2.44. The number of carbonyl (C=O) groups is 3. The van der Waals surface area contributed by atoms with Crippen LogP contribution in [0.15, 0.2) is 65.3 Å². The quantitative estimate of drug-likeness (QED) is 0.148. The van der Waals surface area contributed by atoms with Gasteiger partial charge in [-0.15, -0.1) is 0 Å². The fraction of sp³-hybridized carbons (Fsp3) is 0.265. The van der Waals surface area contributed by atoms with Crippen molar-refractivity contribution in [2.24, 2.45) is 0 Å². The van der Waals surface area contributed by atoms with Crippen molar-refractivity contribution < 1.29 is 32.7 Å². The largest absolute Gasteiger partial charge is 0.490 e. The van der Waals surface area contributed by atoms with Crippen LogP contribution in [-0.4, -0.2) is 41.6 Å². The molecule has 0 radical (unpaired) electrons. The van der Waals surface area contributed by atoms with Gasteiger partial charge in [0.2, 0.25) is 11.8 Å². The number of aryl methyl sites for hydroxylation is 1. The summed E-state index contributed by atoms with van der Waals surface area (Å²) in [7, 11) is 0. The molecular formula is C34H29FN4O6S. The smallest absolute Gasteiger partial charge is 0.259 e. The fourth-order valence-electron chi connectivity index (χ4n) is 5.80. The first-order chi connectivity index (χ1) is 22.0. The number of rotatable bonds is 8. The van der Waals surface area contributed by atoms with Crippen molar-refractivity contribution in [2.45, 2.75) is 45.1 Å². The standard InChI is InChI=1S/C34H29FN4O6S/c1-19-14-21(5-4-20(19)17-36)38-32(42)34(2,3)39(33(38)46)22-6-9-29(27(35)15-22)44-13-12-43-23-7-10-28-25(16-23)26(18-45-28)24-8-11-30(40)37-31(24)41/h4-7,9-10,14-16,18,24H,8,11-13H2,1-3H3,(H,37,40,41). The van der Waals surface area contributed by atoms with Gasteiger partial charge in [0.05, 0.1) is 29.5 Å². The predicted molar refractivity (Wildman–Crippen MR) is 171 cm³/mol. The molecule has 1 aromatic heterocycles. The van der Waals surface area contributed by atoms with Gasteiger partial charge in [-0.1, -0.05) is 0 Å². The number of ether oxygens (including phenoxy) is 2. The van der Waals surface area contributed by atoms with E-state index in [1.54, 1.807) is 68.1 Å². The van der Waals surface area contributed by atoms with E-state index in [2.05, 4.69) is 11.4 Å². The molecule has 234 valence electrons. The lowest BCUT2D eigenvalue weighted by Gasteiger charge is -2.29. The zero-order chi connectivity index (χ0) is 32.7. The molecule has 3 aromatic carbocycles. The van der Waals surface area contributed by atoms with Crippen LogP contribution in [0.1, 0.15) is 49.3 Å². The second-order valence-electron chi connectivity index (χ2n) is 11.6. The van der Waals surface area contributed by atoms with Gasteiger partial charge in [0.1, 0.15) is 30.1 Å². The zero-order valence-electron chi connectivity index (χ0n) is 25.3. The van der Waals surface area contributed by atoms with Gasteiger partial charge in [0.25, 0.3) is 5.91 Å². The number of amides is 3. The molecule has 10 nitrogen and oxygen atoms in total. The second kappa shape index (κ2) is 11.9. The summed E-state index contributed by atoms with van der Waals surface area (Å²) < 4.78 is 32.4. The molecule has 0 saturated carbocycles. The minimum atomic E-state index is -1.10. The number of thiocarbonyl (C=S) groups is 1. The number of imide groups is 1. The van der Waals surface area contributed by atoms with Crippen LogP contribution in [0.5, 0.6) is 11.5 Å². The van der Waals surface area contributed by atoms with Crippen molar-refractivity contribution in [3.8, 4) is 17.6 Å². The molecule has 0 spiro atoms. The number of nitriles is 1. The van der Waals surface area contributed by atoms with Crippen LogP contribution in [0.2, 0.25) is 0 Å². The lowest BCUT2D eigenvalue weighted by atomic mass is 9.90. The number of furan rings is 1. The molecule has 2 saturated heterocycles. The Hall–Kier alpha value is -5.28. The van der Waals surface area contributed by atoms with E-state index in [1.807, 2.05) is 0 Å². The van der Waals surface area contributed by atoms with E-state index in [1.165, 1.54) is 23.3 Å². The highest BCUT2D eigenvalue weighted by Crippen LogP contribution is 2.38. The van der Waals surface area contributed by atoms with E-state index < -0.39 is 17.3 Å². The Morgan fingerprint density at radius 3 is 2.54 bits per heavy atom. The summed E-state index contributed by atoms with van der Waals surface area (Å²) in [5.74, 6) is -1.53. The number of anilines is 2. The van der Waals surface area contributed by atoms with Gasteiger partial charge in [-0.2, -0.15) is 5.26 Å². The van der Waals surface area contributed by atoms with Crippen molar-refractivity contribution in [1.29, 1.82) is 5.26 Å². The zero-order valence-corrected chi connectivity index (χ0v) is 26.1. The Labute approximate surface area is 269 Å². The molecule has 3 amide bonds. The van der Waals surface area contributed by atoms with Crippen molar-refractivity contribution in [1.82, 2.24) is 5.32 Å². The Kier molecular flexibility index (Phi) is 7.96. The van der Waals surface area contributed by atoms with Gasteiger partial charge < -0.3 is 18.8 Å². The highest BCUT2D eigenvalue weighted by atomic mass is 32.1. The molecule has 1 unspecified atom stereocenters. The van der Waals surface area contributed by atoms with Gasteiger partial charge in [-0.25, -0.2) is 4.39 Å². The van der Waals surface area contributed by atoms with Gasteiger partial charge in [0, 0.05) is 29.1 Å². The number of halogens is 1. The Morgan fingerprint density at radius 2 is 1.83 bits per heavy atom. The maximum absolute atomic E-state index is 15.3. The van der Waals surface area contributed by atoms with Gasteiger partial charge in [-0.05, 0) is 93.5 Å². The monoisotopic (exact) mass is 640 g/mol. The van der Waals surface area contributed by atoms with E-state index in [9.17, 15) is 19.6 Å². The van der Waals surface area contributed by atoms with E-state index in [0.29, 0.717) is 51.2 Å². The molecule has 0 aliphatic carbocycles. The molecule has 2 fully saturated rings. The van der Waals surface area contributed by atoms with Crippen LogP contribution >= 0.6 is 12.2 Å². The highest BCUT2D eigenvalue weighted by molar-refractivity contribution is 7.81. The lowest BCUT2D eigenvalue weighted by molar-refractivity contribution is -0.134. The fourth-order valence-corrected chi connectivity index (χ4v) is 6.33. The number of hydrogen-bond acceptors (Lipinski definition) is 8. The third-order valence-electron chi connectivity index (χ3n) is 8.23. The summed E-state index contributed by atoms with van der Waals surface area (Å²) in [6.45, 7) is 5.36. The number of piperidine rings is 1.